The number of aromatic nitrogens is 2. The van der Waals surface area contributed by atoms with Crippen LogP contribution in [0, 0.1) is 0 Å². The molecule has 1 heterocycles. The zero-order valence-corrected chi connectivity index (χ0v) is 17.9. The number of halogens is 1. The van der Waals surface area contributed by atoms with E-state index in [1.807, 2.05) is 0 Å². The third-order valence-electron chi connectivity index (χ3n) is 4.90. The molecule has 0 spiro atoms. The van der Waals surface area contributed by atoms with Crippen LogP contribution >= 0.6 is 15.9 Å². The van der Waals surface area contributed by atoms with Gasteiger partial charge in [-0.25, -0.2) is 9.78 Å². The zero-order chi connectivity index (χ0) is 21.5. The van der Waals surface area contributed by atoms with Crippen LogP contribution in [0.2, 0.25) is 0 Å². The number of imide groups is 1. The number of nitrogens with one attached hydrogen (secondary N) is 2. The lowest BCUT2D eigenvalue weighted by Gasteiger charge is -2.22. The van der Waals surface area contributed by atoms with Crippen LogP contribution in [-0.4, -0.2) is 40.1 Å². The van der Waals surface area contributed by atoms with E-state index in [9.17, 15) is 19.2 Å². The van der Waals surface area contributed by atoms with Crippen LogP contribution in [0.5, 0.6) is 0 Å². The topological polar surface area (TPSA) is 119 Å². The first-order valence-electron chi connectivity index (χ1n) is 9.83. The van der Waals surface area contributed by atoms with Crippen LogP contribution in [0.4, 0.5) is 4.79 Å². The van der Waals surface area contributed by atoms with Crippen LogP contribution in [0.1, 0.15) is 38.5 Å². The molecule has 10 heteroatoms. The number of carbonyl (C=O) groups is 3. The normalized spacial score (nSPS) is 14.3. The molecule has 3 rings (SSSR count). The van der Waals surface area contributed by atoms with Gasteiger partial charge < -0.3 is 10.1 Å². The molecule has 1 aliphatic rings. The SMILES string of the molecule is O=C(COC(=O)CCn1cnc2ccc(Br)cc2c1=O)NC(=O)NC1CCCCC1. The monoisotopic (exact) mass is 478 g/mol. The maximum Gasteiger partial charge on any atom is 0.321 e. The highest BCUT2D eigenvalue weighted by Gasteiger charge is 2.17. The number of ether oxygens (including phenoxy) is 1. The number of urea groups is 1. The van der Waals surface area contributed by atoms with E-state index in [1.54, 1.807) is 18.2 Å². The minimum atomic E-state index is -0.703. The Labute approximate surface area is 181 Å². The summed E-state index contributed by atoms with van der Waals surface area (Å²) in [6.07, 6.45) is 6.34. The largest absolute Gasteiger partial charge is 0.456 e. The van der Waals surface area contributed by atoms with E-state index in [1.165, 1.54) is 10.9 Å². The van der Waals surface area contributed by atoms with Gasteiger partial charge in [-0.15, -0.1) is 0 Å². The first-order valence-corrected chi connectivity index (χ1v) is 10.6. The van der Waals surface area contributed by atoms with Gasteiger partial charge in [0.2, 0.25) is 0 Å². The van der Waals surface area contributed by atoms with Crippen LogP contribution < -0.4 is 16.2 Å². The summed E-state index contributed by atoms with van der Waals surface area (Å²) >= 11 is 3.32. The van der Waals surface area contributed by atoms with E-state index >= 15 is 0 Å². The number of esters is 1. The van der Waals surface area contributed by atoms with Crippen molar-refractivity contribution < 1.29 is 19.1 Å². The molecule has 1 aromatic carbocycles. The van der Waals surface area contributed by atoms with Gasteiger partial charge in [0.1, 0.15) is 0 Å². The lowest BCUT2D eigenvalue weighted by atomic mass is 9.96. The van der Waals surface area contributed by atoms with Crippen molar-refractivity contribution in [3.63, 3.8) is 0 Å². The van der Waals surface area contributed by atoms with Crippen molar-refractivity contribution in [3.05, 3.63) is 39.4 Å². The Morgan fingerprint density at radius 1 is 1.20 bits per heavy atom. The van der Waals surface area contributed by atoms with Crippen molar-refractivity contribution in [1.82, 2.24) is 20.2 Å². The van der Waals surface area contributed by atoms with E-state index < -0.39 is 24.5 Å². The molecule has 1 fully saturated rings. The highest BCUT2D eigenvalue weighted by Crippen LogP contribution is 2.17. The Hall–Kier alpha value is -2.75. The van der Waals surface area contributed by atoms with Crippen LogP contribution in [0.3, 0.4) is 0 Å². The molecule has 9 nitrogen and oxygen atoms in total. The number of benzene rings is 1. The summed E-state index contributed by atoms with van der Waals surface area (Å²) in [5.41, 5.74) is 0.288. The molecule has 0 saturated heterocycles. The van der Waals surface area contributed by atoms with Crippen molar-refractivity contribution in [2.45, 2.75) is 51.1 Å². The van der Waals surface area contributed by atoms with Gasteiger partial charge in [-0.1, -0.05) is 35.2 Å². The quantitative estimate of drug-likeness (QED) is 0.614. The summed E-state index contributed by atoms with van der Waals surface area (Å²) < 4.78 is 6.96. The lowest BCUT2D eigenvalue weighted by molar-refractivity contribution is -0.148. The molecule has 0 radical (unpaired) electrons. The Bertz CT molecular complexity index is 1000. The predicted molar refractivity (Wildman–Crippen MR) is 113 cm³/mol. The highest BCUT2D eigenvalue weighted by molar-refractivity contribution is 9.10. The number of hydrogen-bond donors (Lipinski definition) is 2. The smallest absolute Gasteiger partial charge is 0.321 e. The number of nitrogens with zero attached hydrogens (tertiary/aromatic N) is 2. The fourth-order valence-corrected chi connectivity index (χ4v) is 3.71. The standard InChI is InChI=1S/C20H23BrN4O5/c21-13-6-7-16-15(10-13)19(28)25(12-22-16)9-8-18(27)30-11-17(26)24-20(29)23-14-4-2-1-3-5-14/h6-7,10,12,14H,1-5,8-9,11H2,(H2,23,24,26,29). The zero-order valence-electron chi connectivity index (χ0n) is 16.4. The fraction of sp³-hybridized carbons (Fsp3) is 0.450. The van der Waals surface area contributed by atoms with E-state index in [2.05, 4.69) is 31.5 Å². The maximum atomic E-state index is 12.5. The number of fused-ring (bicyclic) bond motifs is 1. The van der Waals surface area contributed by atoms with Gasteiger partial charge in [-0.05, 0) is 31.0 Å². The van der Waals surface area contributed by atoms with Crippen molar-refractivity contribution in [2.75, 3.05) is 6.61 Å². The van der Waals surface area contributed by atoms with Crippen LogP contribution in [0.25, 0.3) is 10.9 Å². The second-order valence-electron chi connectivity index (χ2n) is 7.17. The predicted octanol–water partition coefficient (Wildman–Crippen LogP) is 2.25. The van der Waals surface area contributed by atoms with Crippen molar-refractivity contribution >= 4 is 44.7 Å². The highest BCUT2D eigenvalue weighted by atomic mass is 79.9. The molecule has 2 N–H and O–H groups in total. The van der Waals surface area contributed by atoms with Crippen LogP contribution in [0.15, 0.2) is 33.8 Å². The van der Waals surface area contributed by atoms with Gasteiger partial charge in [0.25, 0.3) is 11.5 Å². The van der Waals surface area contributed by atoms with Gasteiger partial charge >= 0.3 is 12.0 Å². The van der Waals surface area contributed by atoms with Gasteiger partial charge in [-0.2, -0.15) is 0 Å². The molecule has 0 atom stereocenters. The Kier molecular flexibility index (Phi) is 7.56. The minimum Gasteiger partial charge on any atom is -0.456 e. The molecule has 3 amide bonds. The molecular formula is C20H23BrN4O5. The fourth-order valence-electron chi connectivity index (χ4n) is 3.35. The molecule has 1 aromatic heterocycles. The second-order valence-corrected chi connectivity index (χ2v) is 8.09. The molecule has 0 unspecified atom stereocenters. The molecule has 30 heavy (non-hydrogen) atoms. The van der Waals surface area contributed by atoms with Gasteiger partial charge in [-0.3, -0.25) is 24.3 Å². The van der Waals surface area contributed by atoms with E-state index in [0.717, 1.165) is 36.6 Å². The molecular weight excluding hydrogens is 456 g/mol. The van der Waals surface area contributed by atoms with Gasteiger partial charge in [0, 0.05) is 17.1 Å². The summed E-state index contributed by atoms with van der Waals surface area (Å²) in [5.74, 6) is -1.36. The van der Waals surface area contributed by atoms with Crippen molar-refractivity contribution in [2.24, 2.45) is 0 Å². The molecule has 0 bridgehead atoms. The number of aryl methyl sites for hydroxylation is 1. The minimum absolute atomic E-state index is 0.0664. The van der Waals surface area contributed by atoms with E-state index in [4.69, 9.17) is 4.74 Å². The van der Waals surface area contributed by atoms with E-state index in [0.29, 0.717) is 10.9 Å². The Morgan fingerprint density at radius 3 is 2.73 bits per heavy atom. The summed E-state index contributed by atoms with van der Waals surface area (Å²) in [7, 11) is 0. The summed E-state index contributed by atoms with van der Waals surface area (Å²) in [4.78, 5) is 52.2. The third kappa shape index (κ3) is 6.12. The van der Waals surface area contributed by atoms with Crippen molar-refractivity contribution in [1.29, 1.82) is 0 Å². The Balaban J connectivity index is 1.43. The molecule has 0 aliphatic heterocycles. The molecule has 160 valence electrons. The first kappa shape index (κ1) is 21.9. The van der Waals surface area contributed by atoms with Crippen LogP contribution in [-0.2, 0) is 20.9 Å². The molecule has 2 aromatic rings. The van der Waals surface area contributed by atoms with Crippen molar-refractivity contribution in [3.8, 4) is 0 Å². The average molecular weight is 479 g/mol. The number of hydrogen-bond acceptors (Lipinski definition) is 6. The van der Waals surface area contributed by atoms with E-state index in [-0.39, 0.29) is 24.6 Å². The lowest BCUT2D eigenvalue weighted by Crippen LogP contribution is -2.46. The third-order valence-corrected chi connectivity index (χ3v) is 5.39. The summed E-state index contributed by atoms with van der Waals surface area (Å²) in [5, 5.41) is 5.34. The first-order chi connectivity index (χ1) is 14.4. The van der Waals surface area contributed by atoms with Gasteiger partial charge in [0.15, 0.2) is 6.61 Å². The summed E-state index contributed by atoms with van der Waals surface area (Å²) in [6, 6.07) is 4.67. The second kappa shape index (κ2) is 10.3. The average Bonchev–Trinajstić information content (AvgIpc) is 2.73. The number of rotatable bonds is 6. The maximum absolute atomic E-state index is 12.5. The number of carbonyl (C=O) groups excluding carboxylic acids is 3. The molecule has 1 saturated carbocycles. The Morgan fingerprint density at radius 2 is 1.97 bits per heavy atom. The number of amides is 3. The van der Waals surface area contributed by atoms with Gasteiger partial charge in [0.05, 0.1) is 23.7 Å². The summed E-state index contributed by atoms with van der Waals surface area (Å²) in [6.45, 7) is -0.494. The molecule has 1 aliphatic carbocycles.